The topological polar surface area (TPSA) is 55.6 Å². The first-order chi connectivity index (χ1) is 9.41. The van der Waals surface area contributed by atoms with Crippen LogP contribution in [0.3, 0.4) is 0 Å². The molecule has 2 N–H and O–H groups in total. The third-order valence-corrected chi connectivity index (χ3v) is 3.77. The summed E-state index contributed by atoms with van der Waals surface area (Å²) < 4.78 is 6.23. The molecule has 0 unspecified atom stereocenters. The van der Waals surface area contributed by atoms with Gasteiger partial charge in [0.2, 0.25) is 5.91 Å². The number of ether oxygens (including phenoxy) is 1. The molecule has 5 heteroatoms. The maximum Gasteiger partial charge on any atom is 0.236 e. The van der Waals surface area contributed by atoms with E-state index in [2.05, 4.69) is 20.8 Å². The molecule has 2 atom stereocenters. The number of benzene rings is 1. The van der Waals surface area contributed by atoms with Gasteiger partial charge in [-0.1, -0.05) is 51.1 Å². The van der Waals surface area contributed by atoms with E-state index in [1.54, 1.807) is 0 Å². The molecule has 118 valence electrons. The van der Waals surface area contributed by atoms with Crippen molar-refractivity contribution in [2.45, 2.75) is 33.0 Å². The second kappa shape index (κ2) is 7.25. The van der Waals surface area contributed by atoms with E-state index in [0.29, 0.717) is 13.1 Å². The number of halogens is 1. The summed E-state index contributed by atoms with van der Waals surface area (Å²) in [5.41, 5.74) is 6.60. The van der Waals surface area contributed by atoms with E-state index in [4.69, 9.17) is 10.5 Å². The van der Waals surface area contributed by atoms with Gasteiger partial charge in [0.15, 0.2) is 0 Å². The predicted octanol–water partition coefficient (Wildman–Crippen LogP) is 2.38. The van der Waals surface area contributed by atoms with E-state index in [-0.39, 0.29) is 42.5 Å². The van der Waals surface area contributed by atoms with Crippen LogP contribution in [0.5, 0.6) is 0 Å². The van der Waals surface area contributed by atoms with Gasteiger partial charge >= 0.3 is 0 Å². The molecule has 1 heterocycles. The number of carbonyl (C=O) groups excluding carboxylic acids is 1. The molecular weight excluding hydrogens is 288 g/mol. The SMILES string of the molecule is CC(C)(C)[C@H]1CN(C(=O)CN)C[C@@H](c2ccccc2)O1.Cl. The highest BCUT2D eigenvalue weighted by atomic mass is 35.5. The summed E-state index contributed by atoms with van der Waals surface area (Å²) in [6, 6.07) is 10.1. The van der Waals surface area contributed by atoms with E-state index in [1.165, 1.54) is 0 Å². The molecule has 0 aromatic heterocycles. The van der Waals surface area contributed by atoms with Gasteiger partial charge in [-0.15, -0.1) is 12.4 Å². The van der Waals surface area contributed by atoms with E-state index < -0.39 is 0 Å². The Morgan fingerprint density at radius 1 is 1.29 bits per heavy atom. The second-order valence-electron chi connectivity index (χ2n) is 6.39. The van der Waals surface area contributed by atoms with Crippen molar-refractivity contribution >= 4 is 18.3 Å². The Hall–Kier alpha value is -1.10. The van der Waals surface area contributed by atoms with Crippen LogP contribution in [0.4, 0.5) is 0 Å². The fourth-order valence-corrected chi connectivity index (χ4v) is 2.42. The molecule has 1 aliphatic heterocycles. The maximum atomic E-state index is 12.0. The maximum absolute atomic E-state index is 12.0. The van der Waals surface area contributed by atoms with Gasteiger partial charge in [0, 0.05) is 6.54 Å². The van der Waals surface area contributed by atoms with Crippen molar-refractivity contribution in [1.82, 2.24) is 4.90 Å². The smallest absolute Gasteiger partial charge is 0.236 e. The zero-order valence-corrected chi connectivity index (χ0v) is 13.7. The van der Waals surface area contributed by atoms with Gasteiger partial charge < -0.3 is 15.4 Å². The molecule has 2 rings (SSSR count). The molecule has 1 saturated heterocycles. The van der Waals surface area contributed by atoms with Crippen LogP contribution in [0, 0.1) is 5.41 Å². The number of carbonyl (C=O) groups is 1. The van der Waals surface area contributed by atoms with Gasteiger partial charge in [-0.05, 0) is 11.0 Å². The summed E-state index contributed by atoms with van der Waals surface area (Å²) in [6.45, 7) is 7.65. The van der Waals surface area contributed by atoms with Crippen LogP contribution in [-0.2, 0) is 9.53 Å². The molecule has 4 nitrogen and oxygen atoms in total. The van der Waals surface area contributed by atoms with Crippen LogP contribution in [0.15, 0.2) is 30.3 Å². The van der Waals surface area contributed by atoms with Crippen molar-refractivity contribution in [3.8, 4) is 0 Å². The minimum atomic E-state index is -0.0790. The summed E-state index contributed by atoms with van der Waals surface area (Å²) in [4.78, 5) is 13.8. The minimum Gasteiger partial charge on any atom is -0.366 e. The van der Waals surface area contributed by atoms with Crippen LogP contribution in [-0.4, -0.2) is 36.5 Å². The Labute approximate surface area is 133 Å². The van der Waals surface area contributed by atoms with Gasteiger partial charge in [0.1, 0.15) is 6.10 Å². The molecule has 21 heavy (non-hydrogen) atoms. The van der Waals surface area contributed by atoms with E-state index >= 15 is 0 Å². The number of hydrogen-bond acceptors (Lipinski definition) is 3. The molecule has 1 amide bonds. The number of amides is 1. The van der Waals surface area contributed by atoms with Crippen LogP contribution >= 0.6 is 12.4 Å². The van der Waals surface area contributed by atoms with E-state index in [9.17, 15) is 4.79 Å². The van der Waals surface area contributed by atoms with Crippen molar-refractivity contribution in [2.75, 3.05) is 19.6 Å². The zero-order valence-electron chi connectivity index (χ0n) is 12.9. The monoisotopic (exact) mass is 312 g/mol. The van der Waals surface area contributed by atoms with Crippen molar-refractivity contribution in [1.29, 1.82) is 0 Å². The van der Waals surface area contributed by atoms with Gasteiger partial charge in [0.25, 0.3) is 0 Å². The van der Waals surface area contributed by atoms with Crippen LogP contribution < -0.4 is 5.73 Å². The summed E-state index contributed by atoms with van der Waals surface area (Å²) >= 11 is 0. The molecule has 0 bridgehead atoms. The van der Waals surface area contributed by atoms with Crippen molar-refractivity contribution in [2.24, 2.45) is 11.1 Å². The Morgan fingerprint density at radius 2 is 1.90 bits per heavy atom. The highest BCUT2D eigenvalue weighted by Gasteiger charge is 2.36. The Kier molecular flexibility index (Phi) is 6.20. The molecule has 0 spiro atoms. The summed E-state index contributed by atoms with van der Waals surface area (Å²) in [6.07, 6.45) is -0.0679. The molecular formula is C16H25ClN2O2. The lowest BCUT2D eigenvalue weighted by Gasteiger charge is -2.43. The van der Waals surface area contributed by atoms with Crippen LogP contribution in [0.1, 0.15) is 32.4 Å². The van der Waals surface area contributed by atoms with Crippen molar-refractivity contribution in [3.05, 3.63) is 35.9 Å². The largest absolute Gasteiger partial charge is 0.366 e. The molecule has 1 aliphatic rings. The van der Waals surface area contributed by atoms with Crippen molar-refractivity contribution < 1.29 is 9.53 Å². The summed E-state index contributed by atoms with van der Waals surface area (Å²) in [5.74, 6) is -0.0107. The predicted molar refractivity (Wildman–Crippen MR) is 86.4 cm³/mol. The number of rotatable bonds is 2. The third kappa shape index (κ3) is 4.43. The standard InChI is InChI=1S/C16H24N2O2.ClH/c1-16(2,3)14-11-18(15(19)9-17)10-13(20-14)12-7-5-4-6-8-12;/h4-8,13-14H,9-11,17H2,1-3H3;1H/t13-,14+;/m0./s1. The number of nitrogens with two attached hydrogens (primary N) is 1. The summed E-state index contributed by atoms with van der Waals surface area (Å²) in [7, 11) is 0. The fraction of sp³-hybridized carbons (Fsp3) is 0.562. The first-order valence-electron chi connectivity index (χ1n) is 7.10. The molecule has 1 fully saturated rings. The summed E-state index contributed by atoms with van der Waals surface area (Å²) in [5, 5.41) is 0. The molecule has 0 aliphatic carbocycles. The van der Waals surface area contributed by atoms with Gasteiger partial charge in [-0.2, -0.15) is 0 Å². The average molecular weight is 313 g/mol. The van der Waals surface area contributed by atoms with Crippen LogP contribution in [0.2, 0.25) is 0 Å². The zero-order chi connectivity index (χ0) is 14.8. The molecule has 1 aromatic rings. The van der Waals surface area contributed by atoms with Gasteiger partial charge in [0.05, 0.1) is 19.2 Å². The Bertz CT molecular complexity index is 459. The molecule has 0 saturated carbocycles. The second-order valence-corrected chi connectivity index (χ2v) is 6.39. The lowest BCUT2D eigenvalue weighted by atomic mass is 9.87. The third-order valence-electron chi connectivity index (χ3n) is 3.77. The minimum absolute atomic E-state index is 0. The van der Waals surface area contributed by atoms with Gasteiger partial charge in [-0.25, -0.2) is 0 Å². The van der Waals surface area contributed by atoms with Crippen LogP contribution in [0.25, 0.3) is 0 Å². The first-order valence-corrected chi connectivity index (χ1v) is 7.10. The lowest BCUT2D eigenvalue weighted by Crippen LogP contribution is -2.52. The first kappa shape index (κ1) is 18.0. The average Bonchev–Trinajstić information content (AvgIpc) is 2.46. The number of hydrogen-bond donors (Lipinski definition) is 1. The van der Waals surface area contributed by atoms with Gasteiger partial charge in [-0.3, -0.25) is 4.79 Å². The Balaban J connectivity index is 0.00000220. The lowest BCUT2D eigenvalue weighted by molar-refractivity contribution is -0.155. The van der Waals surface area contributed by atoms with E-state index in [0.717, 1.165) is 5.56 Å². The normalized spacial score (nSPS) is 22.6. The molecule has 1 aromatic carbocycles. The number of nitrogens with zero attached hydrogens (tertiary/aromatic N) is 1. The highest BCUT2D eigenvalue weighted by molar-refractivity contribution is 5.85. The highest BCUT2D eigenvalue weighted by Crippen LogP contribution is 2.33. The quantitative estimate of drug-likeness (QED) is 0.912. The fourth-order valence-electron chi connectivity index (χ4n) is 2.42. The number of morpholine rings is 1. The Morgan fingerprint density at radius 3 is 2.43 bits per heavy atom. The van der Waals surface area contributed by atoms with E-state index in [1.807, 2.05) is 35.2 Å². The molecule has 0 radical (unpaired) electrons. The van der Waals surface area contributed by atoms with Crippen molar-refractivity contribution in [3.63, 3.8) is 0 Å².